The van der Waals surface area contributed by atoms with E-state index in [0.717, 1.165) is 29.7 Å². The van der Waals surface area contributed by atoms with E-state index >= 15 is 0 Å². The molecule has 1 aromatic heterocycles. The molecule has 156 valence electrons. The largest absolute Gasteiger partial charge is 0.395 e. The van der Waals surface area contributed by atoms with Crippen molar-refractivity contribution in [2.75, 3.05) is 18.5 Å². The molecule has 1 aromatic carbocycles. The maximum absolute atomic E-state index is 12.8. The summed E-state index contributed by atoms with van der Waals surface area (Å²) >= 11 is 7.49. The standard InChI is InChI=1S/C22H27ClN2O3S/c1-22(2,3)14-7-8-16-17(12-14)29-21(18(16)20(28)24-9-10-26)25-19(27)13-5-4-6-15(23)11-13/h4-6,11,14,26H,7-10,12H2,1-3H3,(H,24,28)(H,25,27)/t14-/m1/s1. The number of benzene rings is 1. The van der Waals surface area contributed by atoms with Crippen LogP contribution in [0, 0.1) is 11.3 Å². The first-order valence-corrected chi connectivity index (χ1v) is 11.0. The molecule has 2 amide bonds. The molecule has 29 heavy (non-hydrogen) atoms. The normalized spacial score (nSPS) is 16.2. The first-order valence-electron chi connectivity index (χ1n) is 9.81. The topological polar surface area (TPSA) is 78.4 Å². The van der Waals surface area contributed by atoms with Crippen LogP contribution in [0.3, 0.4) is 0 Å². The van der Waals surface area contributed by atoms with Crippen molar-refractivity contribution in [2.24, 2.45) is 11.3 Å². The van der Waals surface area contributed by atoms with Crippen molar-refractivity contribution in [3.8, 4) is 0 Å². The summed E-state index contributed by atoms with van der Waals surface area (Å²) in [6, 6.07) is 6.73. The maximum atomic E-state index is 12.8. The zero-order chi connectivity index (χ0) is 21.2. The van der Waals surface area contributed by atoms with E-state index in [2.05, 4.69) is 31.4 Å². The molecule has 0 bridgehead atoms. The van der Waals surface area contributed by atoms with Crippen molar-refractivity contribution in [2.45, 2.75) is 40.0 Å². The van der Waals surface area contributed by atoms with Gasteiger partial charge in [-0.2, -0.15) is 0 Å². The van der Waals surface area contributed by atoms with Gasteiger partial charge in [0.25, 0.3) is 11.8 Å². The highest BCUT2D eigenvalue weighted by Crippen LogP contribution is 2.44. The molecule has 1 aliphatic rings. The van der Waals surface area contributed by atoms with E-state index in [1.165, 1.54) is 11.3 Å². The SMILES string of the molecule is CC(C)(C)[C@@H]1CCc2c(sc(NC(=O)c3cccc(Cl)c3)c2C(=O)NCCO)C1. The predicted molar refractivity (Wildman–Crippen MR) is 118 cm³/mol. The van der Waals surface area contributed by atoms with Gasteiger partial charge in [0.05, 0.1) is 12.2 Å². The zero-order valence-electron chi connectivity index (χ0n) is 17.0. The lowest BCUT2D eigenvalue weighted by Crippen LogP contribution is -2.30. The van der Waals surface area contributed by atoms with Gasteiger partial charge in [-0.1, -0.05) is 38.4 Å². The van der Waals surface area contributed by atoms with Crippen LogP contribution < -0.4 is 10.6 Å². The Morgan fingerprint density at radius 1 is 1.28 bits per heavy atom. The fourth-order valence-electron chi connectivity index (χ4n) is 3.72. The molecule has 0 aliphatic heterocycles. The number of anilines is 1. The Kier molecular flexibility index (Phi) is 6.66. The van der Waals surface area contributed by atoms with E-state index in [1.54, 1.807) is 24.3 Å². The highest BCUT2D eigenvalue weighted by molar-refractivity contribution is 7.17. The minimum Gasteiger partial charge on any atom is -0.395 e. The van der Waals surface area contributed by atoms with Gasteiger partial charge in [0.15, 0.2) is 0 Å². The van der Waals surface area contributed by atoms with Crippen LogP contribution in [0.25, 0.3) is 0 Å². The summed E-state index contributed by atoms with van der Waals surface area (Å²) in [4.78, 5) is 26.7. The number of nitrogens with one attached hydrogen (secondary N) is 2. The monoisotopic (exact) mass is 434 g/mol. The lowest BCUT2D eigenvalue weighted by molar-refractivity contribution is 0.0944. The number of hydrogen-bond donors (Lipinski definition) is 3. The number of carbonyl (C=O) groups is 2. The molecule has 0 radical (unpaired) electrons. The van der Waals surface area contributed by atoms with E-state index in [9.17, 15) is 9.59 Å². The fourth-order valence-corrected chi connectivity index (χ4v) is 5.23. The van der Waals surface area contributed by atoms with Crippen LogP contribution in [-0.4, -0.2) is 30.1 Å². The van der Waals surface area contributed by atoms with Crippen LogP contribution in [0.5, 0.6) is 0 Å². The van der Waals surface area contributed by atoms with Crippen LogP contribution >= 0.6 is 22.9 Å². The highest BCUT2D eigenvalue weighted by Gasteiger charge is 2.34. The van der Waals surface area contributed by atoms with Gasteiger partial charge in [-0.3, -0.25) is 9.59 Å². The number of hydrogen-bond acceptors (Lipinski definition) is 4. The summed E-state index contributed by atoms with van der Waals surface area (Å²) in [6.07, 6.45) is 2.72. The minimum atomic E-state index is -0.297. The Bertz CT molecular complexity index is 917. The van der Waals surface area contributed by atoms with Gasteiger partial charge in [-0.05, 0) is 54.4 Å². The highest BCUT2D eigenvalue weighted by atomic mass is 35.5. The molecule has 0 unspecified atom stereocenters. The van der Waals surface area contributed by atoms with Crippen molar-refractivity contribution in [1.29, 1.82) is 0 Å². The molecular formula is C22H27ClN2O3S. The zero-order valence-corrected chi connectivity index (χ0v) is 18.5. The number of aliphatic hydroxyl groups excluding tert-OH is 1. The first kappa shape index (κ1) is 21.8. The second kappa shape index (κ2) is 8.86. The smallest absolute Gasteiger partial charge is 0.256 e. The lowest BCUT2D eigenvalue weighted by atomic mass is 9.72. The third kappa shape index (κ3) is 5.00. The molecule has 7 heteroatoms. The molecule has 0 fully saturated rings. The lowest BCUT2D eigenvalue weighted by Gasteiger charge is -2.33. The first-order chi connectivity index (χ1) is 13.7. The molecule has 3 rings (SSSR count). The molecule has 3 N–H and O–H groups in total. The third-order valence-electron chi connectivity index (χ3n) is 5.43. The number of halogens is 1. The average Bonchev–Trinajstić information content (AvgIpc) is 3.02. The van der Waals surface area contributed by atoms with Crippen molar-refractivity contribution >= 4 is 39.8 Å². The van der Waals surface area contributed by atoms with Gasteiger partial charge in [-0.25, -0.2) is 0 Å². The van der Waals surface area contributed by atoms with E-state index in [4.69, 9.17) is 16.7 Å². The Labute approximate surface area is 180 Å². The summed E-state index contributed by atoms with van der Waals surface area (Å²) in [6.45, 7) is 6.77. The number of rotatable bonds is 5. The third-order valence-corrected chi connectivity index (χ3v) is 6.83. The molecular weight excluding hydrogens is 408 g/mol. The summed E-state index contributed by atoms with van der Waals surface area (Å²) in [7, 11) is 0. The van der Waals surface area contributed by atoms with Gasteiger partial charge in [0, 0.05) is 22.0 Å². The van der Waals surface area contributed by atoms with Crippen molar-refractivity contribution < 1.29 is 14.7 Å². The second-order valence-electron chi connectivity index (χ2n) is 8.46. The fraction of sp³-hybridized carbons (Fsp3) is 0.455. The van der Waals surface area contributed by atoms with Gasteiger partial charge in [0.2, 0.25) is 0 Å². The van der Waals surface area contributed by atoms with Crippen LogP contribution in [-0.2, 0) is 12.8 Å². The second-order valence-corrected chi connectivity index (χ2v) is 10.00. The predicted octanol–water partition coefficient (Wildman–Crippen LogP) is 4.53. The quantitative estimate of drug-likeness (QED) is 0.647. The van der Waals surface area contributed by atoms with Crippen LogP contribution in [0.2, 0.25) is 5.02 Å². The van der Waals surface area contributed by atoms with Crippen molar-refractivity contribution in [3.05, 3.63) is 50.9 Å². The van der Waals surface area contributed by atoms with Crippen LogP contribution in [0.15, 0.2) is 24.3 Å². The summed E-state index contributed by atoms with van der Waals surface area (Å²) < 4.78 is 0. The summed E-state index contributed by atoms with van der Waals surface area (Å²) in [5.74, 6) is -0.0275. The van der Waals surface area contributed by atoms with E-state index in [1.807, 2.05) is 0 Å². The molecule has 1 atom stereocenters. The molecule has 2 aromatic rings. The van der Waals surface area contributed by atoms with Crippen molar-refractivity contribution in [1.82, 2.24) is 5.32 Å². The molecule has 5 nitrogen and oxygen atoms in total. The number of fused-ring (bicyclic) bond motifs is 1. The average molecular weight is 435 g/mol. The minimum absolute atomic E-state index is 0.131. The Hall–Kier alpha value is -1.89. The molecule has 0 saturated carbocycles. The van der Waals surface area contributed by atoms with Gasteiger partial charge >= 0.3 is 0 Å². The Morgan fingerprint density at radius 3 is 2.69 bits per heavy atom. The van der Waals surface area contributed by atoms with Gasteiger partial charge < -0.3 is 15.7 Å². The van der Waals surface area contributed by atoms with E-state index < -0.39 is 0 Å². The Morgan fingerprint density at radius 2 is 2.03 bits per heavy atom. The van der Waals surface area contributed by atoms with Gasteiger partial charge in [0.1, 0.15) is 5.00 Å². The van der Waals surface area contributed by atoms with Crippen molar-refractivity contribution in [3.63, 3.8) is 0 Å². The van der Waals surface area contributed by atoms with E-state index in [-0.39, 0.29) is 30.4 Å². The molecule has 1 heterocycles. The number of thiophene rings is 1. The molecule has 0 saturated heterocycles. The van der Waals surface area contributed by atoms with Crippen LogP contribution in [0.1, 0.15) is 58.3 Å². The number of aliphatic hydroxyl groups is 1. The summed E-state index contributed by atoms with van der Waals surface area (Å²) in [5.41, 5.74) is 2.18. The summed E-state index contributed by atoms with van der Waals surface area (Å²) in [5, 5.41) is 15.8. The molecule has 1 aliphatic carbocycles. The number of carbonyl (C=O) groups excluding carboxylic acids is 2. The molecule has 0 spiro atoms. The van der Waals surface area contributed by atoms with Crippen LogP contribution in [0.4, 0.5) is 5.00 Å². The maximum Gasteiger partial charge on any atom is 0.256 e. The van der Waals surface area contributed by atoms with E-state index in [0.29, 0.717) is 27.1 Å². The number of amides is 2. The van der Waals surface area contributed by atoms with Gasteiger partial charge in [-0.15, -0.1) is 11.3 Å². The Balaban J connectivity index is 1.94.